The van der Waals surface area contributed by atoms with Crippen molar-refractivity contribution >= 4 is 93.9 Å². The predicted octanol–water partition coefficient (Wildman–Crippen LogP) is 11.5. The summed E-state index contributed by atoms with van der Waals surface area (Å²) in [6.45, 7) is 65.0. The van der Waals surface area contributed by atoms with Crippen LogP contribution in [0.4, 0.5) is 28.8 Å². The molecule has 3 aromatic rings. The Balaban J connectivity index is -0.0000000910. The number of carbonyl (C=O) groups excluding carboxylic acids is 13. The number of rotatable bonds is 0. The Morgan fingerprint density at radius 3 is 0.962 bits per heavy atom. The maximum Gasteiger partial charge on any atom is 0.409 e. The van der Waals surface area contributed by atoms with Gasteiger partial charge in [0.2, 0.25) is 51.4 Å². The minimum atomic E-state index is -2.79. The summed E-state index contributed by atoms with van der Waals surface area (Å²) in [5.74, 6) is 0.455. The van der Waals surface area contributed by atoms with Crippen molar-refractivity contribution in [2.24, 2.45) is 26.2 Å². The summed E-state index contributed by atoms with van der Waals surface area (Å²) in [6, 6.07) is 1.36. The van der Waals surface area contributed by atoms with E-state index in [4.69, 9.17) is 0 Å². The number of carbonyl (C=O) groups is 13. The molecule has 0 aliphatic carbocycles. The first kappa shape index (κ1) is 151. The number of hydrazone groups is 1. The van der Waals surface area contributed by atoms with E-state index in [0.29, 0.717) is 50.7 Å². The van der Waals surface area contributed by atoms with Crippen molar-refractivity contribution in [3.63, 3.8) is 0 Å². The maximum atomic E-state index is 10.7. The molecular weight excluding hydrogens is 1700 g/mol. The Bertz CT molecular complexity index is 3280. The first-order valence-corrected chi connectivity index (χ1v) is 47.5. The van der Waals surface area contributed by atoms with Crippen molar-refractivity contribution in [1.82, 2.24) is 109 Å². The lowest BCUT2D eigenvalue weighted by atomic mass is 10.2. The fourth-order valence-electron chi connectivity index (χ4n) is 7.63. The molecule has 10 fully saturated rings. The van der Waals surface area contributed by atoms with Crippen molar-refractivity contribution in [2.45, 2.75) is 252 Å². The molecule has 3 aromatic heterocycles. The Morgan fingerprint density at radius 1 is 0.377 bits per heavy atom. The fourth-order valence-corrected chi connectivity index (χ4v) is 8.84. The summed E-state index contributed by atoms with van der Waals surface area (Å²) in [5, 5.41) is 24.4. The number of aromatic amines is 2. The second-order valence-corrected chi connectivity index (χ2v) is 25.2. The number of likely N-dealkylation sites (N-methyl/N-ethyl adjacent to an activating group) is 4. The van der Waals surface area contributed by atoms with Crippen molar-refractivity contribution in [2.75, 3.05) is 168 Å². The first-order chi connectivity index (χ1) is 61.9. The number of amides is 17. The Kier molecular flexibility index (Phi) is 124. The molecule has 0 unspecified atom stereocenters. The van der Waals surface area contributed by atoms with E-state index < -0.39 is 10.0 Å². The van der Waals surface area contributed by atoms with Crippen molar-refractivity contribution in [3.8, 4) is 0 Å². The molecular formula is C87H185N23O19S. The Labute approximate surface area is 783 Å². The molecule has 14 heterocycles. The number of urea groups is 4. The normalized spacial score (nSPS) is 15.3. The minimum Gasteiger partial charge on any atom is -0.449 e. The number of nitrogens with one attached hydrogen (secondary N) is 6. The first-order valence-electron chi connectivity index (χ1n) is 45.9. The third kappa shape index (κ3) is 82.9. The minimum absolute atomic E-state index is 0.0417. The van der Waals surface area contributed by atoms with Crippen LogP contribution in [-0.2, 0) is 74.2 Å². The standard InChI is InChI=1S/C5H10N2O.C5H9NO2.C5H7NO2.C5H9NO.2C4H6N2O2.C4H8N2O.2C4H6N2O.C4H6N2.C4H9NO2S.C4H7NO2.C4H7NO.C3H5N3O.14C2H6/c1-7-4-2-3-6-5(7)8;1-6-3-2-4-8-5(6)7;1-6-4(7)2-3-5(6)8;1-6-4-2-3-5(6)7;1-6-2-3(7)5-4(6)8;1-6-3(7)2-5-4(6)8;2*1-6-3-2-5-4(6)7;1-6-4(7)2-3-5-6;1-6-4-2-3-5-6;1-5-3-2-4-8(5,6)7;1-5-2-3-7-4(5)6;1-5-3-2-4(5)6;1-6-2-4-5-3(6)7;14*1-2/h2-4H2,1H3,(H,6,8);2-4H2,1H3;2-3H2,1H3;2-4H2,1H3;2H2,1H3,(H,5,7,8);2H2,1H3,(H,5,8);2-3H2,1H3,(H,5,7);2-3H,1H3,(H,5,7);3H,2H2,1H3;2-4H,1H3;2-4H2,1H3;2-3H2,1H3;2-3H2,1H3;2H,1H3,(H,5,7);14*1-2H3. The van der Waals surface area contributed by atoms with Crippen molar-refractivity contribution < 1.29 is 80.2 Å². The van der Waals surface area contributed by atoms with Crippen LogP contribution in [0, 0.1) is 0 Å². The van der Waals surface area contributed by atoms with Crippen LogP contribution in [0.1, 0.15) is 252 Å². The van der Waals surface area contributed by atoms with Crippen molar-refractivity contribution in [1.29, 1.82) is 0 Å². The van der Waals surface area contributed by atoms with E-state index in [1.54, 1.807) is 122 Å². The number of cyclic esters (lactones) is 2. The summed E-state index contributed by atoms with van der Waals surface area (Å²) >= 11 is 0. The summed E-state index contributed by atoms with van der Waals surface area (Å²) in [6.07, 6.45) is 16.2. The molecule has 130 heavy (non-hydrogen) atoms. The van der Waals surface area contributed by atoms with Crippen LogP contribution < -0.4 is 32.6 Å². The van der Waals surface area contributed by atoms with Crippen LogP contribution in [0.25, 0.3) is 0 Å². The van der Waals surface area contributed by atoms with E-state index in [0.717, 1.165) is 95.8 Å². The number of aryl methyl sites for hydroxylation is 3. The number of sulfonamides is 1. The molecule has 11 aliphatic rings. The highest BCUT2D eigenvalue weighted by atomic mass is 32.2. The molecule has 768 valence electrons. The number of H-pyrrole nitrogens is 2. The van der Waals surface area contributed by atoms with Gasteiger partial charge in [0.1, 0.15) is 19.5 Å². The molecule has 17 amide bonds. The lowest BCUT2D eigenvalue weighted by molar-refractivity contribution is -0.138. The molecule has 42 nitrogen and oxygen atoms in total. The van der Waals surface area contributed by atoms with E-state index in [2.05, 4.69) is 56.1 Å². The fraction of sp³-hybridized carbons (Fsp3) is 0.747. The van der Waals surface area contributed by atoms with Gasteiger partial charge in [-0.3, -0.25) is 57.9 Å². The third-order valence-corrected chi connectivity index (χ3v) is 16.6. The lowest BCUT2D eigenvalue weighted by Crippen LogP contribution is -2.43. The molecule has 0 bridgehead atoms. The molecule has 10 saturated heterocycles. The zero-order chi connectivity index (χ0) is 105. The number of imidazole rings is 1. The average molecular weight is 1890 g/mol. The number of aromatic nitrogens is 7. The molecule has 6 N–H and O–H groups in total. The number of hydrogen-bond acceptors (Lipinski definition) is 22. The van der Waals surface area contributed by atoms with Crippen LogP contribution in [0.15, 0.2) is 51.9 Å². The second-order valence-electron chi connectivity index (χ2n) is 23.0. The molecule has 11 aliphatic heterocycles. The van der Waals surface area contributed by atoms with Crippen LogP contribution in [0.3, 0.4) is 0 Å². The van der Waals surface area contributed by atoms with E-state index >= 15 is 0 Å². The molecule has 0 atom stereocenters. The van der Waals surface area contributed by atoms with Crippen LogP contribution in [0.5, 0.6) is 0 Å². The lowest BCUT2D eigenvalue weighted by Gasteiger charge is -2.24. The van der Waals surface area contributed by atoms with E-state index in [1.807, 2.05) is 227 Å². The van der Waals surface area contributed by atoms with Gasteiger partial charge in [0.05, 0.1) is 31.9 Å². The number of likely N-dealkylation sites (tertiary alicyclic amines) is 3. The monoisotopic (exact) mass is 1890 g/mol. The Hall–Kier alpha value is -10.8. The third-order valence-electron chi connectivity index (χ3n) is 14.6. The van der Waals surface area contributed by atoms with E-state index in [9.17, 15) is 80.3 Å². The van der Waals surface area contributed by atoms with Gasteiger partial charge < -0.3 is 69.3 Å². The number of nitrogens with zero attached hydrogens (tertiary/aromatic N) is 17. The highest BCUT2D eigenvalue weighted by molar-refractivity contribution is 7.89. The molecule has 0 spiro atoms. The van der Waals surface area contributed by atoms with Gasteiger partial charge in [0.15, 0.2) is 0 Å². The number of imide groups is 3. The summed E-state index contributed by atoms with van der Waals surface area (Å²) in [4.78, 5) is 172. The Morgan fingerprint density at radius 2 is 0.831 bits per heavy atom. The van der Waals surface area contributed by atoms with Gasteiger partial charge in [-0.15, -0.1) is 0 Å². The van der Waals surface area contributed by atoms with Gasteiger partial charge >= 0.3 is 47.7 Å². The maximum absolute atomic E-state index is 10.7. The van der Waals surface area contributed by atoms with E-state index in [1.165, 1.54) is 48.7 Å². The van der Waals surface area contributed by atoms with Gasteiger partial charge in [-0.25, -0.2) is 61.2 Å². The van der Waals surface area contributed by atoms with Crippen LogP contribution in [0.2, 0.25) is 0 Å². The zero-order valence-corrected chi connectivity index (χ0v) is 89.4. The number of ether oxygens (including phenoxy) is 2. The molecule has 0 saturated carbocycles. The van der Waals surface area contributed by atoms with Gasteiger partial charge in [0.25, 0.3) is 0 Å². The zero-order valence-electron chi connectivity index (χ0n) is 88.6. The van der Waals surface area contributed by atoms with Crippen LogP contribution in [-0.4, -0.2) is 348 Å². The van der Waals surface area contributed by atoms with Gasteiger partial charge in [-0.1, -0.05) is 194 Å². The summed E-state index contributed by atoms with van der Waals surface area (Å²) in [5.41, 5.74) is -0.250. The number of β-lactam (4-membered cyclic amide) rings is 1. The second kappa shape index (κ2) is 107. The topological polar surface area (TPSA) is 477 Å². The smallest absolute Gasteiger partial charge is 0.409 e. The van der Waals surface area contributed by atoms with Crippen molar-refractivity contribution in [3.05, 3.63) is 58.1 Å². The van der Waals surface area contributed by atoms with E-state index in [-0.39, 0.29) is 96.2 Å². The average Bonchev–Trinajstić information content (AvgIpc) is 1.74. The quantitative estimate of drug-likeness (QED) is 0.0691. The van der Waals surface area contributed by atoms with Crippen LogP contribution >= 0.6 is 0 Å². The van der Waals surface area contributed by atoms with Gasteiger partial charge in [-0.05, 0) is 31.7 Å². The molecule has 14 rings (SSSR count). The van der Waals surface area contributed by atoms with Gasteiger partial charge in [-0.2, -0.15) is 15.3 Å². The molecule has 0 radical (unpaired) electrons. The van der Waals surface area contributed by atoms with Gasteiger partial charge in [0, 0.05) is 208 Å². The molecule has 0 aromatic carbocycles. The molecule has 43 heteroatoms. The SMILES string of the molecule is CC.CC.CC.CC.CC.CC.CC.CC.CC.CC.CC.CC.CC.CC.CN1C(=O)CCC1=O.CN1C(=O)CNC1=O.CN1CC(=O)NC1=O.CN1CCC1=O.CN1CCCC1=O.CN1CCCNC1=O.CN1CCCOC1=O.CN1CCCS1(=O)=O.CN1CCNC1=O.CN1CCOC1=O.CN1N=CCC1=O.Cn1cc[nH]c1=O.Cn1cccn1.Cn1cn[nH]c1=O. The largest absolute Gasteiger partial charge is 0.449 e. The predicted molar refractivity (Wildman–Crippen MR) is 527 cm³/mol. The summed E-state index contributed by atoms with van der Waals surface area (Å²) < 4.78 is 36.6. The highest BCUT2D eigenvalue weighted by Crippen LogP contribution is 2.10. The summed E-state index contributed by atoms with van der Waals surface area (Å²) in [7, 11) is 20.9. The number of hydrogen-bond donors (Lipinski definition) is 6. The highest BCUT2D eigenvalue weighted by Gasteiger charge is 2.26.